The van der Waals surface area contributed by atoms with Crippen LogP contribution in [0.5, 0.6) is 0 Å². The molecule has 0 radical (unpaired) electrons. The van der Waals surface area contributed by atoms with Gasteiger partial charge in [-0.1, -0.05) is 19.1 Å². The molecule has 0 aliphatic heterocycles. The molecule has 0 amide bonds. The predicted molar refractivity (Wildman–Crippen MR) is 78.5 cm³/mol. The van der Waals surface area contributed by atoms with Crippen molar-refractivity contribution in [3.05, 3.63) is 41.0 Å². The lowest BCUT2D eigenvalue weighted by atomic mass is 10.2. The first-order valence-corrected chi connectivity index (χ1v) is 7.86. The average molecular weight is 319 g/mol. The zero-order valence-corrected chi connectivity index (χ0v) is 12.8. The van der Waals surface area contributed by atoms with E-state index < -0.39 is 9.84 Å². The van der Waals surface area contributed by atoms with Crippen molar-refractivity contribution in [1.29, 1.82) is 0 Å². The number of nitrogens with two attached hydrogens (primary N) is 1. The Balaban J connectivity index is 0.00000180. The first kappa shape index (κ1) is 16.1. The lowest BCUT2D eigenvalue weighted by molar-refractivity contribution is 0.598. The smallest absolute Gasteiger partial charge is 0.217 e. The van der Waals surface area contributed by atoms with Crippen molar-refractivity contribution < 1.29 is 8.42 Å². The number of nitrogens with zero attached hydrogens (tertiary/aromatic N) is 1. The van der Waals surface area contributed by atoms with Crippen LogP contribution in [0.2, 0.25) is 0 Å². The Morgan fingerprint density at radius 1 is 1.37 bits per heavy atom. The number of aryl methyl sites for hydroxylation is 1. The van der Waals surface area contributed by atoms with Gasteiger partial charge in [-0.15, -0.1) is 23.7 Å². The molecule has 1 aromatic carbocycles. The molecule has 0 fully saturated rings. The molecule has 7 heteroatoms. The molecule has 0 saturated carbocycles. The maximum atomic E-state index is 12.4. The van der Waals surface area contributed by atoms with E-state index in [-0.39, 0.29) is 23.2 Å². The molecule has 2 N–H and O–H groups in total. The SMILES string of the molecule is CCc1cccc(S(=O)(=O)c2cnc(CN)s2)c1.Cl. The molecule has 0 spiro atoms. The molecule has 19 heavy (non-hydrogen) atoms. The van der Waals surface area contributed by atoms with E-state index in [1.165, 1.54) is 6.20 Å². The van der Waals surface area contributed by atoms with Crippen molar-refractivity contribution in [1.82, 2.24) is 4.98 Å². The molecule has 0 saturated heterocycles. The fourth-order valence-electron chi connectivity index (χ4n) is 1.56. The van der Waals surface area contributed by atoms with Gasteiger partial charge in [0.25, 0.3) is 0 Å². The summed E-state index contributed by atoms with van der Waals surface area (Å²) in [4.78, 5) is 4.30. The quantitative estimate of drug-likeness (QED) is 0.939. The van der Waals surface area contributed by atoms with E-state index in [1.807, 2.05) is 13.0 Å². The fourth-order valence-corrected chi connectivity index (χ4v) is 4.09. The van der Waals surface area contributed by atoms with Gasteiger partial charge in [0.15, 0.2) is 0 Å². The van der Waals surface area contributed by atoms with Gasteiger partial charge in [0.2, 0.25) is 9.84 Å². The van der Waals surface area contributed by atoms with Crippen LogP contribution in [0.25, 0.3) is 0 Å². The van der Waals surface area contributed by atoms with Crippen molar-refractivity contribution in [2.75, 3.05) is 0 Å². The third-order valence-electron chi connectivity index (χ3n) is 2.59. The Hall–Kier alpha value is -0.950. The summed E-state index contributed by atoms with van der Waals surface area (Å²) in [5.74, 6) is 0. The molecular weight excluding hydrogens is 304 g/mol. The van der Waals surface area contributed by atoms with Crippen molar-refractivity contribution in [3.8, 4) is 0 Å². The normalized spacial score (nSPS) is 11.1. The van der Waals surface area contributed by atoms with Gasteiger partial charge >= 0.3 is 0 Å². The number of thiazole rings is 1. The zero-order chi connectivity index (χ0) is 13.2. The maximum absolute atomic E-state index is 12.4. The minimum absolute atomic E-state index is 0. The van der Waals surface area contributed by atoms with Gasteiger partial charge in [-0.3, -0.25) is 0 Å². The third-order valence-corrected chi connectivity index (χ3v) is 5.82. The summed E-state index contributed by atoms with van der Waals surface area (Å²) in [6.45, 7) is 2.25. The number of halogens is 1. The third kappa shape index (κ3) is 3.33. The van der Waals surface area contributed by atoms with Crippen LogP contribution in [0.3, 0.4) is 0 Å². The second kappa shape index (κ2) is 6.47. The summed E-state index contributed by atoms with van der Waals surface area (Å²) in [6.07, 6.45) is 2.18. The number of benzene rings is 1. The van der Waals surface area contributed by atoms with Crippen molar-refractivity contribution >= 4 is 33.6 Å². The van der Waals surface area contributed by atoms with Crippen LogP contribution in [-0.4, -0.2) is 13.4 Å². The highest BCUT2D eigenvalue weighted by molar-refractivity contribution is 7.93. The van der Waals surface area contributed by atoms with Gasteiger partial charge in [0.1, 0.15) is 9.22 Å². The second-order valence-electron chi connectivity index (χ2n) is 3.78. The topological polar surface area (TPSA) is 73.0 Å². The average Bonchev–Trinajstić information content (AvgIpc) is 2.88. The molecule has 0 bridgehead atoms. The molecule has 1 aromatic heterocycles. The van der Waals surface area contributed by atoms with E-state index in [4.69, 9.17) is 5.73 Å². The molecule has 0 aliphatic rings. The molecule has 0 aliphatic carbocycles. The van der Waals surface area contributed by atoms with Gasteiger partial charge in [0.05, 0.1) is 11.1 Å². The first-order chi connectivity index (χ1) is 8.57. The number of hydrogen-bond acceptors (Lipinski definition) is 5. The van der Waals surface area contributed by atoms with Gasteiger partial charge in [-0.05, 0) is 24.1 Å². The van der Waals surface area contributed by atoms with Crippen LogP contribution in [0.4, 0.5) is 0 Å². The molecular formula is C12H15ClN2O2S2. The highest BCUT2D eigenvalue weighted by Crippen LogP contribution is 2.26. The second-order valence-corrected chi connectivity index (χ2v) is 7.07. The van der Waals surface area contributed by atoms with Crippen LogP contribution in [0.1, 0.15) is 17.5 Å². The van der Waals surface area contributed by atoms with Crippen molar-refractivity contribution in [3.63, 3.8) is 0 Å². The van der Waals surface area contributed by atoms with E-state index in [9.17, 15) is 8.42 Å². The monoisotopic (exact) mass is 318 g/mol. The lowest BCUT2D eigenvalue weighted by Gasteiger charge is -2.03. The predicted octanol–water partition coefficient (Wildman–Crippen LogP) is 2.42. The van der Waals surface area contributed by atoms with Crippen LogP contribution in [0.15, 0.2) is 39.6 Å². The molecule has 4 nitrogen and oxygen atoms in total. The Morgan fingerprint density at radius 3 is 2.68 bits per heavy atom. The maximum Gasteiger partial charge on any atom is 0.217 e. The Morgan fingerprint density at radius 2 is 2.11 bits per heavy atom. The Labute approximate surface area is 123 Å². The summed E-state index contributed by atoms with van der Waals surface area (Å²) in [6, 6.07) is 6.99. The summed E-state index contributed by atoms with van der Waals surface area (Å²) in [7, 11) is -3.46. The van der Waals surface area contributed by atoms with Gasteiger partial charge in [0, 0.05) is 6.54 Å². The summed E-state index contributed by atoms with van der Waals surface area (Å²) >= 11 is 1.12. The van der Waals surface area contributed by atoms with E-state index in [0.29, 0.717) is 9.90 Å². The van der Waals surface area contributed by atoms with Crippen molar-refractivity contribution in [2.45, 2.75) is 29.0 Å². The highest BCUT2D eigenvalue weighted by atomic mass is 35.5. The Kier molecular flexibility index (Phi) is 5.49. The van der Waals surface area contributed by atoms with Gasteiger partial charge in [-0.2, -0.15) is 0 Å². The minimum Gasteiger partial charge on any atom is -0.325 e. The molecule has 0 unspecified atom stereocenters. The largest absolute Gasteiger partial charge is 0.325 e. The van der Waals surface area contributed by atoms with E-state index in [0.717, 1.165) is 23.3 Å². The zero-order valence-electron chi connectivity index (χ0n) is 10.4. The molecule has 104 valence electrons. The van der Waals surface area contributed by atoms with Crippen LogP contribution >= 0.6 is 23.7 Å². The molecule has 0 atom stereocenters. The summed E-state index contributed by atoms with van der Waals surface area (Å²) < 4.78 is 25.0. The van der Waals surface area contributed by atoms with E-state index in [1.54, 1.807) is 18.2 Å². The summed E-state index contributed by atoms with van der Waals surface area (Å²) in [5.41, 5.74) is 6.44. The summed E-state index contributed by atoms with van der Waals surface area (Å²) in [5, 5.41) is 0.625. The minimum atomic E-state index is -3.46. The van der Waals surface area contributed by atoms with E-state index >= 15 is 0 Å². The fraction of sp³-hybridized carbons (Fsp3) is 0.250. The molecule has 2 aromatic rings. The van der Waals surface area contributed by atoms with Crippen LogP contribution in [-0.2, 0) is 22.8 Å². The van der Waals surface area contributed by atoms with Crippen molar-refractivity contribution in [2.24, 2.45) is 5.73 Å². The van der Waals surface area contributed by atoms with Crippen LogP contribution < -0.4 is 5.73 Å². The Bertz CT molecular complexity index is 653. The highest BCUT2D eigenvalue weighted by Gasteiger charge is 2.20. The first-order valence-electron chi connectivity index (χ1n) is 5.56. The van der Waals surface area contributed by atoms with Crippen LogP contribution in [0, 0.1) is 0 Å². The number of aromatic nitrogens is 1. The number of rotatable bonds is 4. The molecule has 2 rings (SSSR count). The number of hydrogen-bond donors (Lipinski definition) is 1. The number of sulfone groups is 1. The van der Waals surface area contributed by atoms with Gasteiger partial charge < -0.3 is 5.73 Å². The van der Waals surface area contributed by atoms with Gasteiger partial charge in [-0.25, -0.2) is 13.4 Å². The van der Waals surface area contributed by atoms with E-state index in [2.05, 4.69) is 4.98 Å². The molecule has 1 heterocycles. The standard InChI is InChI=1S/C12H14N2O2S2.ClH/c1-2-9-4-3-5-10(6-9)18(15,16)12-8-14-11(7-13)17-12;/h3-6,8H,2,7,13H2,1H3;1H. The lowest BCUT2D eigenvalue weighted by Crippen LogP contribution is -2.00.